The Bertz CT molecular complexity index is 327. The highest BCUT2D eigenvalue weighted by atomic mass is 15.0. The number of nitrogens with one attached hydrogen (secondary N) is 5. The van der Waals surface area contributed by atoms with Crippen LogP contribution in [0, 0.1) is 0 Å². The van der Waals surface area contributed by atoms with E-state index in [-0.39, 0.29) is 0 Å². The zero-order chi connectivity index (χ0) is 13.2. The van der Waals surface area contributed by atoms with Crippen LogP contribution in [0.25, 0.3) is 0 Å². The van der Waals surface area contributed by atoms with E-state index in [1.54, 1.807) is 0 Å². The van der Waals surface area contributed by atoms with E-state index in [2.05, 4.69) is 37.6 Å². The molecule has 1 aliphatic heterocycles. The average Bonchev–Trinajstić information content (AvgIpc) is 2.43. The standard InChI is InChI=1S/C13H24N6/c1-3-15-5-7-18-12-9-13(11-17-10-12)19-8-6-16-4-2-14-1/h9-11,14-16,18-19H,1-8H2. The Labute approximate surface area is 114 Å². The van der Waals surface area contributed by atoms with Crippen LogP contribution < -0.4 is 26.6 Å². The molecule has 0 atom stereocenters. The minimum Gasteiger partial charge on any atom is -0.382 e. The van der Waals surface area contributed by atoms with Crippen LogP contribution in [-0.4, -0.2) is 57.3 Å². The molecule has 6 nitrogen and oxygen atoms in total. The van der Waals surface area contributed by atoms with Gasteiger partial charge in [0.1, 0.15) is 0 Å². The molecule has 0 aliphatic carbocycles. The predicted octanol–water partition coefficient (Wildman–Crippen LogP) is -0.312. The zero-order valence-electron chi connectivity index (χ0n) is 11.3. The van der Waals surface area contributed by atoms with Crippen molar-refractivity contribution in [2.75, 3.05) is 63.0 Å². The van der Waals surface area contributed by atoms with Crippen LogP contribution in [0.2, 0.25) is 0 Å². The SMILES string of the molecule is c1ncc2cc1NCCNCCNCCNCCN2. The minimum atomic E-state index is 0.909. The fraction of sp³-hybridized carbons (Fsp3) is 0.615. The molecule has 6 heteroatoms. The van der Waals surface area contributed by atoms with Crippen molar-refractivity contribution in [3.63, 3.8) is 0 Å². The van der Waals surface area contributed by atoms with E-state index < -0.39 is 0 Å². The highest BCUT2D eigenvalue weighted by Gasteiger charge is 1.97. The first-order chi connectivity index (χ1) is 9.45. The summed E-state index contributed by atoms with van der Waals surface area (Å²) in [5.74, 6) is 0. The molecule has 19 heavy (non-hydrogen) atoms. The summed E-state index contributed by atoms with van der Waals surface area (Å²) < 4.78 is 0. The van der Waals surface area contributed by atoms with Crippen LogP contribution in [0.5, 0.6) is 0 Å². The molecule has 0 unspecified atom stereocenters. The Morgan fingerprint density at radius 1 is 0.632 bits per heavy atom. The number of hydrogen-bond donors (Lipinski definition) is 5. The van der Waals surface area contributed by atoms with E-state index in [0.29, 0.717) is 0 Å². The van der Waals surface area contributed by atoms with E-state index in [9.17, 15) is 0 Å². The molecule has 5 N–H and O–H groups in total. The third-order valence-corrected chi connectivity index (χ3v) is 2.96. The lowest BCUT2D eigenvalue weighted by atomic mass is 10.3. The number of pyridine rings is 1. The molecule has 0 saturated heterocycles. The van der Waals surface area contributed by atoms with Crippen molar-refractivity contribution in [1.29, 1.82) is 0 Å². The van der Waals surface area contributed by atoms with Crippen molar-refractivity contribution >= 4 is 11.4 Å². The summed E-state index contributed by atoms with van der Waals surface area (Å²) in [6.07, 6.45) is 3.71. The lowest BCUT2D eigenvalue weighted by Crippen LogP contribution is -2.35. The molecule has 1 aromatic rings. The van der Waals surface area contributed by atoms with Gasteiger partial charge in [0.15, 0.2) is 0 Å². The first kappa shape index (κ1) is 14.0. The molecule has 0 aromatic carbocycles. The molecule has 2 rings (SSSR count). The Morgan fingerprint density at radius 3 is 1.53 bits per heavy atom. The van der Waals surface area contributed by atoms with Crippen molar-refractivity contribution in [2.24, 2.45) is 0 Å². The highest BCUT2D eigenvalue weighted by molar-refractivity contribution is 5.53. The van der Waals surface area contributed by atoms with Gasteiger partial charge in [-0.2, -0.15) is 0 Å². The fourth-order valence-electron chi connectivity index (χ4n) is 1.95. The fourth-order valence-corrected chi connectivity index (χ4v) is 1.95. The van der Waals surface area contributed by atoms with E-state index in [0.717, 1.165) is 63.7 Å². The van der Waals surface area contributed by atoms with Gasteiger partial charge < -0.3 is 26.6 Å². The number of fused-ring (bicyclic) bond motifs is 2. The van der Waals surface area contributed by atoms with Gasteiger partial charge in [-0.25, -0.2) is 0 Å². The second-order valence-electron chi connectivity index (χ2n) is 4.57. The third-order valence-electron chi connectivity index (χ3n) is 2.96. The van der Waals surface area contributed by atoms with Gasteiger partial charge in [0, 0.05) is 52.4 Å². The molecule has 1 aromatic heterocycles. The minimum absolute atomic E-state index is 0.909. The van der Waals surface area contributed by atoms with Gasteiger partial charge >= 0.3 is 0 Å². The maximum Gasteiger partial charge on any atom is 0.0547 e. The summed E-state index contributed by atoms with van der Waals surface area (Å²) in [5, 5.41) is 16.9. The van der Waals surface area contributed by atoms with Crippen LogP contribution in [-0.2, 0) is 0 Å². The number of nitrogens with zero attached hydrogens (tertiary/aromatic N) is 1. The van der Waals surface area contributed by atoms with E-state index >= 15 is 0 Å². The quantitative estimate of drug-likeness (QED) is 0.443. The van der Waals surface area contributed by atoms with Gasteiger partial charge in [0.25, 0.3) is 0 Å². The van der Waals surface area contributed by atoms with Crippen molar-refractivity contribution in [3.8, 4) is 0 Å². The first-order valence-electron chi connectivity index (χ1n) is 7.00. The van der Waals surface area contributed by atoms with Crippen molar-refractivity contribution in [1.82, 2.24) is 20.9 Å². The van der Waals surface area contributed by atoms with E-state index in [1.807, 2.05) is 12.4 Å². The normalized spacial score (nSPS) is 19.2. The Balaban J connectivity index is 1.84. The molecule has 0 saturated carbocycles. The van der Waals surface area contributed by atoms with Crippen LogP contribution in [0.1, 0.15) is 0 Å². The summed E-state index contributed by atoms with van der Waals surface area (Å²) in [4.78, 5) is 4.23. The Kier molecular flexibility index (Phi) is 6.42. The van der Waals surface area contributed by atoms with Gasteiger partial charge in [-0.1, -0.05) is 0 Å². The topological polar surface area (TPSA) is 73.0 Å². The molecule has 0 radical (unpaired) electrons. The number of hydrogen-bond acceptors (Lipinski definition) is 6. The van der Waals surface area contributed by atoms with Crippen LogP contribution in [0.15, 0.2) is 18.5 Å². The monoisotopic (exact) mass is 264 g/mol. The first-order valence-corrected chi connectivity index (χ1v) is 7.00. The van der Waals surface area contributed by atoms with Gasteiger partial charge in [0.05, 0.1) is 23.8 Å². The number of rotatable bonds is 0. The Hall–Kier alpha value is -1.37. The summed E-state index contributed by atoms with van der Waals surface area (Å²) in [6, 6.07) is 2.10. The lowest BCUT2D eigenvalue weighted by Gasteiger charge is -2.12. The van der Waals surface area contributed by atoms with Crippen LogP contribution in [0.4, 0.5) is 11.4 Å². The predicted molar refractivity (Wildman–Crippen MR) is 79.8 cm³/mol. The van der Waals surface area contributed by atoms with Gasteiger partial charge in [-0.05, 0) is 6.07 Å². The molecule has 0 fully saturated rings. The molecule has 0 amide bonds. The highest BCUT2D eigenvalue weighted by Crippen LogP contribution is 2.11. The summed E-state index contributed by atoms with van der Waals surface area (Å²) >= 11 is 0. The summed E-state index contributed by atoms with van der Waals surface area (Å²) in [5.41, 5.74) is 2.12. The van der Waals surface area contributed by atoms with Gasteiger partial charge in [-0.15, -0.1) is 0 Å². The summed E-state index contributed by atoms with van der Waals surface area (Å²) in [6.45, 7) is 7.76. The van der Waals surface area contributed by atoms with Gasteiger partial charge in [-0.3, -0.25) is 4.98 Å². The second kappa shape index (κ2) is 8.68. The zero-order valence-corrected chi connectivity index (χ0v) is 11.3. The van der Waals surface area contributed by atoms with E-state index in [1.165, 1.54) is 0 Å². The smallest absolute Gasteiger partial charge is 0.0547 e. The van der Waals surface area contributed by atoms with Crippen LogP contribution >= 0.6 is 0 Å². The molecule has 2 heterocycles. The van der Waals surface area contributed by atoms with Crippen molar-refractivity contribution in [2.45, 2.75) is 0 Å². The molecule has 1 aliphatic rings. The maximum absolute atomic E-state index is 4.23. The summed E-state index contributed by atoms with van der Waals surface area (Å²) in [7, 11) is 0. The largest absolute Gasteiger partial charge is 0.382 e. The second-order valence-corrected chi connectivity index (χ2v) is 4.57. The molecular formula is C13H24N6. The average molecular weight is 264 g/mol. The lowest BCUT2D eigenvalue weighted by molar-refractivity contribution is 0.589. The third kappa shape index (κ3) is 5.87. The van der Waals surface area contributed by atoms with E-state index in [4.69, 9.17) is 0 Å². The van der Waals surface area contributed by atoms with Crippen LogP contribution in [0.3, 0.4) is 0 Å². The molecule has 106 valence electrons. The van der Waals surface area contributed by atoms with Crippen molar-refractivity contribution in [3.05, 3.63) is 18.5 Å². The number of anilines is 2. The molecular weight excluding hydrogens is 240 g/mol. The molecule has 0 spiro atoms. The maximum atomic E-state index is 4.23. The number of aromatic nitrogens is 1. The Morgan fingerprint density at radius 2 is 1.05 bits per heavy atom. The van der Waals surface area contributed by atoms with Crippen molar-refractivity contribution < 1.29 is 0 Å². The molecule has 2 bridgehead atoms. The van der Waals surface area contributed by atoms with Gasteiger partial charge in [0.2, 0.25) is 0 Å².